The molecule has 0 aliphatic carbocycles. The van der Waals surface area contributed by atoms with E-state index < -0.39 is 70.4 Å². The van der Waals surface area contributed by atoms with Crippen molar-refractivity contribution in [3.05, 3.63) is 41.7 Å². The highest BCUT2D eigenvalue weighted by molar-refractivity contribution is 6.03. The van der Waals surface area contributed by atoms with Crippen molar-refractivity contribution in [1.29, 1.82) is 0 Å². The molecule has 1 aromatic carbocycles. The lowest BCUT2D eigenvalue weighted by Crippen LogP contribution is -2.49. The molecule has 5 N–H and O–H groups in total. The molecule has 0 spiro atoms. The van der Waals surface area contributed by atoms with Gasteiger partial charge in [0.2, 0.25) is 11.9 Å². The number of aliphatic imine (C=N–C) groups is 1. The first-order valence-corrected chi connectivity index (χ1v) is 17.3. The molecule has 0 saturated carbocycles. The Kier molecular flexibility index (Phi) is 14.8. The van der Waals surface area contributed by atoms with E-state index in [9.17, 15) is 33.9 Å². The summed E-state index contributed by atoms with van der Waals surface area (Å²) in [5.74, 6) is -2.67. The average molecular weight is 759 g/mol. The van der Waals surface area contributed by atoms with E-state index in [1.807, 2.05) is 0 Å². The van der Waals surface area contributed by atoms with Crippen molar-refractivity contribution in [3.63, 3.8) is 0 Å². The number of fused-ring (bicyclic) bond motifs is 1. The zero-order valence-corrected chi connectivity index (χ0v) is 33.1. The van der Waals surface area contributed by atoms with Crippen LogP contribution in [0.15, 0.2) is 41.2 Å². The smallest absolute Gasteiger partial charge is 0.437 e. The minimum Gasteiger partial charge on any atom is -0.477 e. The number of carbonyl (C=O) groups is 6. The number of carboxylic acids is 1. The van der Waals surface area contributed by atoms with Crippen LogP contribution < -0.4 is 21.3 Å². The van der Waals surface area contributed by atoms with Crippen LogP contribution in [-0.4, -0.2) is 86.9 Å². The highest BCUT2D eigenvalue weighted by Crippen LogP contribution is 2.25. The molecule has 0 radical (unpaired) electrons. The van der Waals surface area contributed by atoms with Gasteiger partial charge in [0, 0.05) is 23.7 Å². The number of guanidine groups is 1. The van der Waals surface area contributed by atoms with Gasteiger partial charge in [-0.1, -0.05) is 18.2 Å². The maximum atomic E-state index is 13.6. The normalized spacial score (nSPS) is 13.3. The second-order valence-electron chi connectivity index (χ2n) is 16.1. The van der Waals surface area contributed by atoms with Crippen molar-refractivity contribution in [2.75, 3.05) is 6.54 Å². The molecule has 0 aliphatic heterocycles. The van der Waals surface area contributed by atoms with Crippen molar-refractivity contribution < 1.29 is 52.8 Å². The summed E-state index contributed by atoms with van der Waals surface area (Å²) in [6.07, 6.45) is -0.877. The Morgan fingerprint density at radius 1 is 0.778 bits per heavy atom. The molecule has 54 heavy (non-hydrogen) atoms. The molecule has 17 heteroatoms. The van der Waals surface area contributed by atoms with Crippen LogP contribution in [0.3, 0.4) is 0 Å². The summed E-state index contributed by atoms with van der Waals surface area (Å²) in [4.78, 5) is 80.4. The van der Waals surface area contributed by atoms with Crippen LogP contribution in [0.1, 0.15) is 101 Å². The van der Waals surface area contributed by atoms with Crippen molar-refractivity contribution in [3.8, 4) is 0 Å². The number of alkyl carbamates (subject to hydrolysis) is 2. The maximum absolute atomic E-state index is 13.6. The van der Waals surface area contributed by atoms with Gasteiger partial charge in [-0.25, -0.2) is 24.0 Å². The molecule has 2 rings (SSSR count). The van der Waals surface area contributed by atoms with Gasteiger partial charge in [0.05, 0.1) is 5.52 Å². The lowest BCUT2D eigenvalue weighted by Gasteiger charge is -2.23. The number of para-hydroxylation sites is 1. The number of carbonyl (C=O) groups excluding carboxylic acids is 5. The second-order valence-corrected chi connectivity index (χ2v) is 16.1. The monoisotopic (exact) mass is 758 g/mol. The number of hydrogen-bond acceptors (Lipinski definition) is 10. The van der Waals surface area contributed by atoms with Gasteiger partial charge in [-0.15, -0.1) is 4.99 Å². The Morgan fingerprint density at radius 3 is 1.89 bits per heavy atom. The number of hydrogen-bond donors (Lipinski definition) is 5. The van der Waals surface area contributed by atoms with Crippen LogP contribution in [0.25, 0.3) is 17.0 Å². The fourth-order valence-corrected chi connectivity index (χ4v) is 4.43. The lowest BCUT2D eigenvalue weighted by atomic mass is 10.1. The summed E-state index contributed by atoms with van der Waals surface area (Å²) in [5, 5.41) is 20.6. The second kappa shape index (κ2) is 17.9. The molecule has 0 saturated heterocycles. The third-order valence-electron chi connectivity index (χ3n) is 6.31. The van der Waals surface area contributed by atoms with E-state index in [4.69, 9.17) is 18.9 Å². The zero-order valence-electron chi connectivity index (χ0n) is 33.1. The highest BCUT2D eigenvalue weighted by atomic mass is 16.6. The molecule has 0 aliphatic rings. The Balaban J connectivity index is 2.36. The van der Waals surface area contributed by atoms with Gasteiger partial charge < -0.3 is 40.0 Å². The summed E-state index contributed by atoms with van der Waals surface area (Å²) in [6, 6.07) is 5.44. The molecular weight excluding hydrogens is 704 g/mol. The first kappa shape index (κ1) is 44.6. The number of benzene rings is 1. The number of aliphatic carboxylic acids is 1. The molecule has 17 nitrogen and oxygen atoms in total. The highest BCUT2D eigenvalue weighted by Gasteiger charge is 2.27. The van der Waals surface area contributed by atoms with Crippen LogP contribution in [0.2, 0.25) is 0 Å². The molecule has 1 atom stereocenters. The van der Waals surface area contributed by atoms with E-state index in [-0.39, 0.29) is 25.3 Å². The molecule has 4 amide bonds. The number of nitrogens with one attached hydrogen (secondary N) is 4. The molecule has 0 fully saturated rings. The van der Waals surface area contributed by atoms with E-state index in [1.165, 1.54) is 16.8 Å². The summed E-state index contributed by atoms with van der Waals surface area (Å²) < 4.78 is 22.5. The quantitative estimate of drug-likeness (QED) is 0.0648. The van der Waals surface area contributed by atoms with Crippen LogP contribution in [-0.2, 0) is 28.5 Å². The van der Waals surface area contributed by atoms with Crippen molar-refractivity contribution in [2.24, 2.45) is 4.99 Å². The van der Waals surface area contributed by atoms with Gasteiger partial charge in [0.15, 0.2) is 0 Å². The van der Waals surface area contributed by atoms with Crippen LogP contribution in [0.5, 0.6) is 0 Å². The Morgan fingerprint density at radius 2 is 1.33 bits per heavy atom. The standard InChI is InChI=1S/C37H54N6O11/c1-34(2,3)51-30(47)40-24(17-15-19-38-29(41-31(48)52-35(4,5)6)42-32(49)53-36(7,8)9)27(44)39-25(28(45)46)20-22-21-43(33(50)54-37(10,11)12)26-18-14-13-16-23(22)26/h13-14,16,18,20-21,24H,15,17,19H2,1-12H3,(H,39,44)(H,40,47)(H,45,46)(H2,38,41,42,48,49)/t24-/m0/s1. The zero-order chi connectivity index (χ0) is 41.2. The Hall–Kier alpha value is -5.61. The van der Waals surface area contributed by atoms with Crippen LogP contribution in [0, 0.1) is 0 Å². The lowest BCUT2D eigenvalue weighted by molar-refractivity contribution is -0.134. The molecular formula is C37H54N6O11. The fourth-order valence-electron chi connectivity index (χ4n) is 4.43. The number of aromatic nitrogens is 1. The largest absolute Gasteiger partial charge is 0.477 e. The van der Waals surface area contributed by atoms with Gasteiger partial charge in [-0.05, 0) is 108 Å². The van der Waals surface area contributed by atoms with Crippen LogP contribution >= 0.6 is 0 Å². The van der Waals surface area contributed by atoms with E-state index in [0.717, 1.165) is 0 Å². The van der Waals surface area contributed by atoms with E-state index >= 15 is 0 Å². The maximum Gasteiger partial charge on any atom is 0.437 e. The van der Waals surface area contributed by atoms with Gasteiger partial charge >= 0.3 is 30.3 Å². The Labute approximate surface area is 315 Å². The summed E-state index contributed by atoms with van der Waals surface area (Å²) >= 11 is 0. The third-order valence-corrected chi connectivity index (χ3v) is 6.31. The minimum atomic E-state index is -1.49. The first-order chi connectivity index (χ1) is 24.6. The van der Waals surface area contributed by atoms with Gasteiger partial charge in [0.1, 0.15) is 34.1 Å². The number of ether oxygens (including phenoxy) is 4. The Bertz CT molecular complexity index is 1770. The van der Waals surface area contributed by atoms with Crippen LogP contribution in [0.4, 0.5) is 19.2 Å². The van der Waals surface area contributed by atoms with Gasteiger partial charge in [0.25, 0.3) is 0 Å². The van der Waals surface area contributed by atoms with E-state index in [2.05, 4.69) is 26.3 Å². The molecule has 298 valence electrons. The van der Waals surface area contributed by atoms with Gasteiger partial charge in [-0.2, -0.15) is 0 Å². The number of carboxylic acid groups (broad SMARTS) is 1. The molecule has 1 aromatic heterocycles. The van der Waals surface area contributed by atoms with Crippen molar-refractivity contribution >= 4 is 59.2 Å². The van der Waals surface area contributed by atoms with E-state index in [0.29, 0.717) is 16.5 Å². The predicted octanol–water partition coefficient (Wildman–Crippen LogP) is 6.05. The molecule has 0 unspecified atom stereocenters. The average Bonchev–Trinajstić information content (AvgIpc) is 3.33. The number of rotatable bonds is 9. The van der Waals surface area contributed by atoms with Crippen molar-refractivity contribution in [2.45, 2.75) is 124 Å². The fraction of sp³-hybridized carbons (Fsp3) is 0.541. The molecule has 1 heterocycles. The number of amides is 4. The number of nitrogens with zero attached hydrogens (tertiary/aromatic N) is 2. The topological polar surface area (TPSA) is 225 Å². The minimum absolute atomic E-state index is 0.00298. The summed E-state index contributed by atoms with van der Waals surface area (Å²) in [6.45, 7) is 19.9. The summed E-state index contributed by atoms with van der Waals surface area (Å²) in [7, 11) is 0. The summed E-state index contributed by atoms with van der Waals surface area (Å²) in [5.41, 5.74) is -3.25. The SMILES string of the molecule is CC(C)(C)OC(=O)N=C(NCCC[C@H](NC(=O)OC(C)(C)C)C(=O)NC(=Cc1cn(C(=O)OC(C)(C)C)c2ccccc12)C(=O)O)NC(=O)OC(C)(C)C. The van der Waals surface area contributed by atoms with Crippen molar-refractivity contribution in [1.82, 2.24) is 25.8 Å². The van der Waals surface area contributed by atoms with Gasteiger partial charge in [-0.3, -0.25) is 14.7 Å². The first-order valence-electron chi connectivity index (χ1n) is 17.3. The molecule has 0 bridgehead atoms. The third kappa shape index (κ3) is 16.4. The van der Waals surface area contributed by atoms with E-state index in [1.54, 1.807) is 107 Å². The molecule has 2 aromatic rings. The predicted molar refractivity (Wildman–Crippen MR) is 201 cm³/mol.